The molecular formula is C15H15FN2O2. The molecule has 1 N–H and O–H groups in total. The van der Waals surface area contributed by atoms with Crippen molar-refractivity contribution < 1.29 is 13.9 Å². The fraction of sp³-hybridized carbons (Fsp3) is 0.333. The number of nitrogens with zero attached hydrogens (tertiary/aromatic N) is 1. The lowest BCUT2D eigenvalue weighted by Crippen LogP contribution is -2.33. The minimum atomic E-state index is -0.297. The summed E-state index contributed by atoms with van der Waals surface area (Å²) in [5.41, 5.74) is 1.13. The van der Waals surface area contributed by atoms with Crippen LogP contribution < -0.4 is 5.32 Å². The van der Waals surface area contributed by atoms with Crippen LogP contribution in [0.2, 0.25) is 0 Å². The monoisotopic (exact) mass is 274 g/mol. The molecule has 2 heterocycles. The highest BCUT2D eigenvalue weighted by atomic mass is 19.1. The zero-order valence-corrected chi connectivity index (χ0v) is 10.9. The van der Waals surface area contributed by atoms with Crippen molar-refractivity contribution >= 4 is 17.8 Å². The van der Waals surface area contributed by atoms with E-state index >= 15 is 0 Å². The molecule has 1 aromatic carbocycles. The van der Waals surface area contributed by atoms with E-state index in [1.807, 2.05) is 0 Å². The summed E-state index contributed by atoms with van der Waals surface area (Å²) in [6.45, 7) is 1.41. The van der Waals surface area contributed by atoms with Crippen molar-refractivity contribution in [2.24, 2.45) is 10.9 Å². The van der Waals surface area contributed by atoms with Gasteiger partial charge in [-0.1, -0.05) is 12.1 Å². The maximum Gasteiger partial charge on any atom is 0.275 e. The molecule has 1 fully saturated rings. The number of benzene rings is 1. The maximum atomic E-state index is 12.8. The quantitative estimate of drug-likeness (QED) is 0.840. The lowest BCUT2D eigenvalue weighted by molar-refractivity contribution is -0.115. The van der Waals surface area contributed by atoms with Crippen molar-refractivity contribution in [2.45, 2.75) is 12.8 Å². The van der Waals surface area contributed by atoms with Crippen LogP contribution in [-0.2, 0) is 9.53 Å². The van der Waals surface area contributed by atoms with Gasteiger partial charge < -0.3 is 10.1 Å². The van der Waals surface area contributed by atoms with E-state index in [-0.39, 0.29) is 17.6 Å². The highest BCUT2D eigenvalue weighted by Gasteiger charge is 2.27. The van der Waals surface area contributed by atoms with Gasteiger partial charge in [0, 0.05) is 19.1 Å². The summed E-state index contributed by atoms with van der Waals surface area (Å²) in [5.74, 6) is 0.490. The van der Waals surface area contributed by atoms with Crippen LogP contribution in [0, 0.1) is 11.7 Å². The van der Waals surface area contributed by atoms with Crippen molar-refractivity contribution in [3.63, 3.8) is 0 Å². The van der Waals surface area contributed by atoms with Crippen LogP contribution in [0.15, 0.2) is 35.0 Å². The van der Waals surface area contributed by atoms with E-state index in [0.717, 1.165) is 24.2 Å². The molecule has 0 aromatic heterocycles. The largest absolute Gasteiger partial charge is 0.381 e. The van der Waals surface area contributed by atoms with Gasteiger partial charge in [0.05, 0.1) is 0 Å². The maximum absolute atomic E-state index is 12.8. The van der Waals surface area contributed by atoms with Crippen molar-refractivity contribution in [1.82, 2.24) is 5.32 Å². The highest BCUT2D eigenvalue weighted by molar-refractivity contribution is 6.15. The standard InChI is InChI=1S/C15H15FN2O2/c16-12-3-1-10(2-4-12)9-13-15(19)18-14(17-13)11-5-7-20-8-6-11/h1-4,9,11H,5-8H2,(H,17,18,19)/b13-9+. The molecule has 1 amide bonds. The number of amides is 1. The van der Waals surface area contributed by atoms with Gasteiger partial charge in [0.2, 0.25) is 0 Å². The molecule has 5 heteroatoms. The zero-order chi connectivity index (χ0) is 13.9. The average Bonchev–Trinajstić information content (AvgIpc) is 2.84. The number of amidine groups is 1. The van der Waals surface area contributed by atoms with Crippen LogP contribution in [0.4, 0.5) is 4.39 Å². The third-order valence-corrected chi connectivity index (χ3v) is 3.50. The normalized spacial score (nSPS) is 21.9. The molecule has 0 saturated carbocycles. The van der Waals surface area contributed by atoms with Crippen LogP contribution >= 0.6 is 0 Å². The molecule has 0 aliphatic carbocycles. The van der Waals surface area contributed by atoms with Crippen LogP contribution in [0.3, 0.4) is 0 Å². The summed E-state index contributed by atoms with van der Waals surface area (Å²) >= 11 is 0. The number of hydrogen-bond donors (Lipinski definition) is 1. The summed E-state index contributed by atoms with van der Waals surface area (Å²) in [5, 5.41) is 2.82. The minimum absolute atomic E-state index is 0.198. The number of ether oxygens (including phenoxy) is 1. The Morgan fingerprint density at radius 3 is 2.65 bits per heavy atom. The van der Waals surface area contributed by atoms with Crippen molar-refractivity contribution in [3.8, 4) is 0 Å². The second-order valence-corrected chi connectivity index (χ2v) is 4.92. The fourth-order valence-electron chi connectivity index (χ4n) is 2.37. The molecule has 1 saturated heterocycles. The third-order valence-electron chi connectivity index (χ3n) is 3.50. The molecule has 0 spiro atoms. The van der Waals surface area contributed by atoms with Gasteiger partial charge in [-0.25, -0.2) is 9.38 Å². The molecule has 2 aliphatic heterocycles. The lowest BCUT2D eigenvalue weighted by Gasteiger charge is -2.21. The Hall–Kier alpha value is -2.01. The molecule has 104 valence electrons. The van der Waals surface area contributed by atoms with Gasteiger partial charge in [-0.2, -0.15) is 0 Å². The Balaban J connectivity index is 1.80. The summed E-state index contributed by atoms with van der Waals surface area (Å²) in [6.07, 6.45) is 3.42. The van der Waals surface area contributed by atoms with Gasteiger partial charge in [-0.15, -0.1) is 0 Å². The molecule has 3 rings (SSSR count). The average molecular weight is 274 g/mol. The van der Waals surface area contributed by atoms with Gasteiger partial charge in [-0.3, -0.25) is 4.79 Å². The number of halogens is 1. The lowest BCUT2D eigenvalue weighted by atomic mass is 9.99. The zero-order valence-electron chi connectivity index (χ0n) is 10.9. The first-order chi connectivity index (χ1) is 9.72. The summed E-state index contributed by atoms with van der Waals surface area (Å²) < 4.78 is 18.1. The number of carbonyl (C=O) groups is 1. The number of nitrogens with one attached hydrogen (secondary N) is 1. The van der Waals surface area contributed by atoms with Crippen molar-refractivity contribution in [3.05, 3.63) is 41.3 Å². The van der Waals surface area contributed by atoms with Gasteiger partial charge in [0.1, 0.15) is 17.3 Å². The van der Waals surface area contributed by atoms with E-state index in [2.05, 4.69) is 10.3 Å². The molecule has 1 aromatic rings. The molecule has 20 heavy (non-hydrogen) atoms. The van der Waals surface area contributed by atoms with Gasteiger partial charge in [-0.05, 0) is 36.6 Å². The molecular weight excluding hydrogens is 259 g/mol. The SMILES string of the molecule is O=C1NC(C2CCOCC2)=N/C1=C/c1ccc(F)cc1. The molecule has 4 nitrogen and oxygen atoms in total. The van der Waals surface area contributed by atoms with Gasteiger partial charge >= 0.3 is 0 Å². The number of aliphatic imine (C=N–C) groups is 1. The van der Waals surface area contributed by atoms with E-state index < -0.39 is 0 Å². The Kier molecular flexibility index (Phi) is 3.60. The van der Waals surface area contributed by atoms with E-state index in [9.17, 15) is 9.18 Å². The fourth-order valence-corrected chi connectivity index (χ4v) is 2.37. The second-order valence-electron chi connectivity index (χ2n) is 4.92. The molecule has 0 atom stereocenters. The van der Waals surface area contributed by atoms with Crippen LogP contribution in [-0.4, -0.2) is 25.0 Å². The van der Waals surface area contributed by atoms with Crippen molar-refractivity contribution in [2.75, 3.05) is 13.2 Å². The first-order valence-electron chi connectivity index (χ1n) is 6.67. The highest BCUT2D eigenvalue weighted by Crippen LogP contribution is 2.21. The molecule has 0 radical (unpaired) electrons. The Bertz CT molecular complexity index is 572. The van der Waals surface area contributed by atoms with Crippen LogP contribution in [0.25, 0.3) is 6.08 Å². The topological polar surface area (TPSA) is 50.7 Å². The van der Waals surface area contributed by atoms with E-state index in [1.165, 1.54) is 12.1 Å². The molecule has 0 bridgehead atoms. The second kappa shape index (κ2) is 5.54. The Morgan fingerprint density at radius 2 is 1.95 bits per heavy atom. The summed E-state index contributed by atoms with van der Waals surface area (Å²) in [7, 11) is 0. The molecule has 2 aliphatic rings. The first-order valence-corrected chi connectivity index (χ1v) is 6.67. The van der Waals surface area contributed by atoms with Gasteiger partial charge in [0.25, 0.3) is 5.91 Å². The minimum Gasteiger partial charge on any atom is -0.381 e. The summed E-state index contributed by atoms with van der Waals surface area (Å²) in [6, 6.07) is 5.97. The predicted molar refractivity (Wildman–Crippen MR) is 73.5 cm³/mol. The number of carbonyl (C=O) groups excluding carboxylic acids is 1. The van der Waals surface area contributed by atoms with Crippen molar-refractivity contribution in [1.29, 1.82) is 0 Å². The first kappa shape index (κ1) is 13.0. The van der Waals surface area contributed by atoms with Gasteiger partial charge in [0.15, 0.2) is 0 Å². The van der Waals surface area contributed by atoms with E-state index in [0.29, 0.717) is 18.9 Å². The molecule has 0 unspecified atom stereocenters. The summed E-state index contributed by atoms with van der Waals surface area (Å²) in [4.78, 5) is 16.3. The predicted octanol–water partition coefficient (Wildman–Crippen LogP) is 2.12. The van der Waals surface area contributed by atoms with Crippen LogP contribution in [0.1, 0.15) is 18.4 Å². The smallest absolute Gasteiger partial charge is 0.275 e. The van der Waals surface area contributed by atoms with E-state index in [4.69, 9.17) is 4.74 Å². The Morgan fingerprint density at radius 1 is 1.25 bits per heavy atom. The Labute approximate surface area is 116 Å². The van der Waals surface area contributed by atoms with E-state index in [1.54, 1.807) is 18.2 Å². The third kappa shape index (κ3) is 2.77. The number of hydrogen-bond acceptors (Lipinski definition) is 3. The number of rotatable bonds is 2. The van der Waals surface area contributed by atoms with Crippen LogP contribution in [0.5, 0.6) is 0 Å².